The van der Waals surface area contributed by atoms with E-state index in [1.54, 1.807) is 0 Å². The number of hydrogen-bond acceptors (Lipinski definition) is 45. The van der Waals surface area contributed by atoms with Gasteiger partial charge in [0.1, 0.15) is 116 Å². The number of rotatable bonds is 33. The lowest BCUT2D eigenvalue weighted by Gasteiger charge is -2.52. The molecule has 0 saturated carbocycles. The van der Waals surface area contributed by atoms with Crippen molar-refractivity contribution in [3.05, 3.63) is 0 Å². The lowest BCUT2D eigenvalue weighted by molar-refractivity contribution is -0.400. The zero-order chi connectivity index (χ0) is 68.0. The van der Waals surface area contributed by atoms with Crippen molar-refractivity contribution in [1.82, 2.24) is 0 Å². The standard InChI is InChI=1S/C39H66O45S6/c1-13-17(82-88(53,54)55)21(63-3)19(15(73-13)11-71-86(47,48)49)76-37-31(68-8)24(66-6)26(29(80-37)35(42)43)79-39-33(84-90(59,60)61)27(83-89(56,57)58)20(16(75-39)12-72-87(50,51)52)77-38-32(69-9)23(65-5)25(28(81-38)34(40)41)78-36-30(67-7)22(64-4)18(62-2)14(74-36)10-70-85(44,45)46/h13-33,36-39H,10-12H2,1-9H3,(H,40,41)(H,42,43)(H,44,45,46)(H,47,48,49)(H,50,51,52)(H,53,54,55)(H,56,57,58)(H,59,60,61)/p-8. The van der Waals surface area contributed by atoms with Gasteiger partial charge in [0.15, 0.2) is 31.3 Å². The first-order chi connectivity index (χ1) is 41.6. The molecule has 0 N–H and O–H groups in total. The van der Waals surface area contributed by atoms with Gasteiger partial charge in [-0.15, -0.1) is 0 Å². The van der Waals surface area contributed by atoms with Crippen LogP contribution in [0.3, 0.4) is 0 Å². The second-order valence-electron chi connectivity index (χ2n) is 18.9. The van der Waals surface area contributed by atoms with E-state index in [0.29, 0.717) is 0 Å². The summed E-state index contributed by atoms with van der Waals surface area (Å²) >= 11 is 0. The molecular weight excluding hydrogens is 1380 g/mol. The smallest absolute Gasteiger partial charge is 0.218 e. The predicted molar refractivity (Wildman–Crippen MR) is 256 cm³/mol. The molecule has 51 heteroatoms. The Morgan fingerprint density at radius 2 is 0.567 bits per heavy atom. The minimum atomic E-state index is -6.44. The van der Waals surface area contributed by atoms with Gasteiger partial charge in [-0.25, -0.2) is 50.5 Å². The number of carbonyl (C=O) groups excluding carboxylic acids is 2. The van der Waals surface area contributed by atoms with Gasteiger partial charge in [-0.3, -0.25) is 25.1 Å². The Morgan fingerprint density at radius 1 is 0.311 bits per heavy atom. The zero-order valence-corrected chi connectivity index (χ0v) is 52.3. The van der Waals surface area contributed by atoms with Crippen molar-refractivity contribution in [3.63, 3.8) is 0 Å². The van der Waals surface area contributed by atoms with Crippen LogP contribution in [0.25, 0.3) is 0 Å². The van der Waals surface area contributed by atoms with E-state index in [2.05, 4.69) is 25.1 Å². The molecule has 0 bridgehead atoms. The molecule has 45 nitrogen and oxygen atoms in total. The third-order valence-corrected chi connectivity index (χ3v) is 16.3. The molecule has 0 radical (unpaired) electrons. The third-order valence-electron chi connectivity index (χ3n) is 13.7. The van der Waals surface area contributed by atoms with E-state index in [9.17, 15) is 97.6 Å². The first kappa shape index (κ1) is 78.2. The van der Waals surface area contributed by atoms with E-state index in [-0.39, 0.29) is 0 Å². The number of aliphatic carboxylic acids is 2. The molecule has 90 heavy (non-hydrogen) atoms. The number of carbonyl (C=O) groups is 2. The number of carboxylic acid groups (broad SMARTS) is 2. The molecule has 0 aromatic carbocycles. The van der Waals surface area contributed by atoms with Crippen molar-refractivity contribution in [1.29, 1.82) is 0 Å². The SMILES string of the molecule is COC1C(COS(=O)(=O)[O-])OC(OC2C(C(=O)[O-])OC(OC3C(COS(=O)(=O)[O-])OC(OC4C(C(=O)[O-])OC(OC5C(COS(=O)(=O)[O-])OC(C)C(OS(=O)(=O)[O-])C5OC)C(OC)C4OC)C(OS(=O)(=O)[O-])C3OS(=O)(=O)[O-])C(OC)C2OC)C(OC)C1OC. The molecular formula is C39H58O45S6-8. The molecule has 25 atom stereocenters. The summed E-state index contributed by atoms with van der Waals surface area (Å²) < 4.78 is 338. The Bertz CT molecular complexity index is 3060. The maximum absolute atomic E-state index is 13.1. The van der Waals surface area contributed by atoms with E-state index in [1.807, 2.05) is 0 Å². The maximum Gasteiger partial charge on any atom is 0.218 e. The molecule has 5 fully saturated rings. The van der Waals surface area contributed by atoms with Gasteiger partial charge in [-0.05, 0) is 6.92 Å². The van der Waals surface area contributed by atoms with E-state index < -0.39 is 247 Å². The van der Waals surface area contributed by atoms with Crippen LogP contribution < -0.4 is 10.2 Å². The molecule has 0 spiro atoms. The maximum atomic E-state index is 13.1. The zero-order valence-electron chi connectivity index (χ0n) is 47.4. The minimum absolute atomic E-state index is 0.763. The predicted octanol–water partition coefficient (Wildman–Crippen LogP) is -11.2. The Kier molecular flexibility index (Phi) is 27.8. The molecule has 0 aromatic heterocycles. The van der Waals surface area contributed by atoms with Crippen LogP contribution in [0.15, 0.2) is 0 Å². The highest BCUT2D eigenvalue weighted by atomic mass is 32.3. The molecule has 0 aliphatic carbocycles. The van der Waals surface area contributed by atoms with Crippen LogP contribution in [-0.2, 0) is 178 Å². The highest BCUT2D eigenvalue weighted by Gasteiger charge is 2.60. The van der Waals surface area contributed by atoms with Crippen LogP contribution in [-0.4, -0.2) is 320 Å². The van der Waals surface area contributed by atoms with Gasteiger partial charge < -0.3 is 128 Å². The third kappa shape index (κ3) is 21.0. The summed E-state index contributed by atoms with van der Waals surface area (Å²) in [6, 6.07) is 0. The van der Waals surface area contributed by atoms with Crippen LogP contribution in [0, 0.1) is 0 Å². The Hall–Kier alpha value is -2.52. The Morgan fingerprint density at radius 3 is 0.889 bits per heavy atom. The van der Waals surface area contributed by atoms with Crippen molar-refractivity contribution >= 4 is 74.3 Å². The normalized spacial score (nSPS) is 38.6. The first-order valence-corrected chi connectivity index (χ1v) is 32.8. The number of carboxylic acids is 2. The summed E-state index contributed by atoms with van der Waals surface area (Å²) in [7, 11) is -28.1. The van der Waals surface area contributed by atoms with Gasteiger partial charge in [0.2, 0.25) is 62.4 Å². The Labute approximate surface area is 512 Å². The molecule has 5 aliphatic heterocycles. The molecule has 0 aromatic rings. The van der Waals surface area contributed by atoms with E-state index >= 15 is 0 Å². The van der Waals surface area contributed by atoms with Gasteiger partial charge in [-0.1, -0.05) is 0 Å². The van der Waals surface area contributed by atoms with Crippen LogP contribution >= 0.6 is 0 Å². The lowest BCUT2D eigenvalue weighted by atomic mass is 9.94. The topological polar surface area (TPSA) is 636 Å². The summed E-state index contributed by atoms with van der Waals surface area (Å²) in [4.78, 5) is 26.2. The van der Waals surface area contributed by atoms with E-state index in [0.717, 1.165) is 63.8 Å². The number of hydrogen-bond donors (Lipinski definition) is 0. The van der Waals surface area contributed by atoms with Gasteiger partial charge in [0, 0.05) is 56.9 Å². The molecule has 5 heterocycles. The fraction of sp³-hybridized carbons (Fsp3) is 0.949. The van der Waals surface area contributed by atoms with Crippen LogP contribution in [0.1, 0.15) is 6.92 Å². The van der Waals surface area contributed by atoms with Crippen molar-refractivity contribution in [3.8, 4) is 0 Å². The highest BCUT2D eigenvalue weighted by Crippen LogP contribution is 2.41. The fourth-order valence-corrected chi connectivity index (χ4v) is 12.7. The largest absolute Gasteiger partial charge is 0.726 e. The summed E-state index contributed by atoms with van der Waals surface area (Å²) in [5.74, 6) is -4.68. The molecule has 5 rings (SSSR count). The lowest BCUT2D eigenvalue weighted by Crippen LogP contribution is -2.70. The van der Waals surface area contributed by atoms with Gasteiger partial charge in [0.05, 0.1) is 37.9 Å². The molecule has 5 saturated heterocycles. The molecule has 5 aliphatic rings. The number of ether oxygens (including phenoxy) is 17. The van der Waals surface area contributed by atoms with Gasteiger partial charge in [0.25, 0.3) is 0 Å². The first-order valence-electron chi connectivity index (χ1n) is 24.8. The van der Waals surface area contributed by atoms with Crippen LogP contribution in [0.5, 0.6) is 0 Å². The average molecular weight is 1440 g/mol. The molecule has 528 valence electrons. The van der Waals surface area contributed by atoms with E-state index in [4.69, 9.17) is 80.5 Å². The van der Waals surface area contributed by atoms with E-state index in [1.165, 1.54) is 0 Å². The summed E-state index contributed by atoms with van der Waals surface area (Å²) in [5.41, 5.74) is 0. The molecule has 25 unspecified atom stereocenters. The molecule has 0 amide bonds. The van der Waals surface area contributed by atoms with Crippen molar-refractivity contribution in [2.75, 3.05) is 76.7 Å². The van der Waals surface area contributed by atoms with Crippen molar-refractivity contribution < 1.29 is 203 Å². The average Bonchev–Trinajstić information content (AvgIpc) is 0.863. The van der Waals surface area contributed by atoms with Crippen molar-refractivity contribution in [2.24, 2.45) is 0 Å². The second-order valence-corrected chi connectivity index (χ2v) is 25.1. The van der Waals surface area contributed by atoms with Crippen LogP contribution in [0.2, 0.25) is 0 Å². The Balaban J connectivity index is 1.60. The summed E-state index contributed by atoms with van der Waals surface area (Å²) in [6.07, 6.45) is -55.7. The quantitative estimate of drug-likeness (QED) is 0.0435. The highest BCUT2D eigenvalue weighted by molar-refractivity contribution is 7.82. The summed E-state index contributed by atoms with van der Waals surface area (Å²) in [5, 5.41) is 26.2. The summed E-state index contributed by atoms with van der Waals surface area (Å²) in [6.45, 7) is -3.13. The number of methoxy groups -OCH3 is 8. The van der Waals surface area contributed by atoms with Crippen molar-refractivity contribution in [2.45, 2.75) is 160 Å². The second kappa shape index (κ2) is 32.0. The van der Waals surface area contributed by atoms with Gasteiger partial charge in [-0.2, -0.15) is 0 Å². The monoisotopic (exact) mass is 1440 g/mol. The van der Waals surface area contributed by atoms with Crippen LogP contribution in [0.4, 0.5) is 0 Å². The minimum Gasteiger partial charge on any atom is -0.726 e. The fourth-order valence-electron chi connectivity index (χ4n) is 10.2. The van der Waals surface area contributed by atoms with Gasteiger partial charge >= 0.3 is 0 Å².